The first kappa shape index (κ1) is 23.2. The number of benzene rings is 2. The number of halogens is 1. The SMILES string of the molecule is COc1ccccc1/C=C1\SC(=O)N(CCN2C(=O)S/C(=C\c3ccc(Cl)cc3)C2=O)C1=O. The molecule has 0 radical (unpaired) electrons. The van der Waals surface area contributed by atoms with E-state index < -0.39 is 22.3 Å². The van der Waals surface area contributed by atoms with E-state index in [-0.39, 0.29) is 22.9 Å². The molecule has 4 amide bonds. The van der Waals surface area contributed by atoms with Crippen LogP contribution in [0.3, 0.4) is 0 Å². The van der Waals surface area contributed by atoms with Gasteiger partial charge in [-0.2, -0.15) is 0 Å². The molecule has 0 aliphatic carbocycles. The lowest BCUT2D eigenvalue weighted by Crippen LogP contribution is -2.39. The molecule has 0 unspecified atom stereocenters. The second kappa shape index (κ2) is 9.86. The molecule has 2 aliphatic heterocycles. The van der Waals surface area contributed by atoms with E-state index in [0.29, 0.717) is 16.3 Å². The Morgan fingerprint density at radius 2 is 1.36 bits per heavy atom. The lowest BCUT2D eigenvalue weighted by atomic mass is 10.2. The number of methoxy groups -OCH3 is 1. The normalized spacial score (nSPS) is 18.8. The molecule has 4 rings (SSSR count). The highest BCUT2D eigenvalue weighted by atomic mass is 35.5. The third-order valence-corrected chi connectivity index (χ3v) is 6.95. The summed E-state index contributed by atoms with van der Waals surface area (Å²) in [6.45, 7) is -0.164. The molecule has 0 spiro atoms. The van der Waals surface area contributed by atoms with Crippen molar-refractivity contribution in [2.45, 2.75) is 0 Å². The number of ether oxygens (including phenoxy) is 1. The fourth-order valence-corrected chi connectivity index (χ4v) is 5.07. The van der Waals surface area contributed by atoms with Gasteiger partial charge in [0.05, 0.1) is 16.9 Å². The number of carbonyl (C=O) groups excluding carboxylic acids is 4. The van der Waals surface area contributed by atoms with E-state index >= 15 is 0 Å². The standard InChI is InChI=1S/C23H17ClN2O5S2/c1-31-17-5-3-2-4-15(17)13-19-21(28)26(23(30)33-19)11-10-25-20(27)18(32-22(25)29)12-14-6-8-16(24)9-7-14/h2-9,12-13H,10-11H2,1H3/b18-12-,19-13-. The Morgan fingerprint density at radius 1 is 0.818 bits per heavy atom. The number of hydrogen-bond donors (Lipinski definition) is 0. The van der Waals surface area contributed by atoms with Crippen molar-refractivity contribution < 1.29 is 23.9 Å². The van der Waals surface area contributed by atoms with Crippen molar-refractivity contribution in [1.82, 2.24) is 9.80 Å². The summed E-state index contributed by atoms with van der Waals surface area (Å²) in [5, 5.41) is -0.334. The number of para-hydroxylation sites is 1. The molecule has 2 saturated heterocycles. The molecule has 0 bridgehead atoms. The monoisotopic (exact) mass is 500 g/mol. The van der Waals surface area contributed by atoms with E-state index in [1.807, 2.05) is 0 Å². The number of carbonyl (C=O) groups is 4. The van der Waals surface area contributed by atoms with Crippen molar-refractivity contribution in [3.63, 3.8) is 0 Å². The van der Waals surface area contributed by atoms with Gasteiger partial charge in [-0.05, 0) is 59.4 Å². The predicted octanol–water partition coefficient (Wildman–Crippen LogP) is 5.12. The largest absolute Gasteiger partial charge is 0.496 e. The number of thioether (sulfide) groups is 2. The van der Waals surface area contributed by atoms with Gasteiger partial charge in [0.15, 0.2) is 0 Å². The number of amides is 4. The Morgan fingerprint density at radius 3 is 1.94 bits per heavy atom. The van der Waals surface area contributed by atoms with Crippen LogP contribution in [0.5, 0.6) is 5.75 Å². The number of nitrogens with zero attached hydrogens (tertiary/aromatic N) is 2. The lowest BCUT2D eigenvalue weighted by Gasteiger charge is -2.17. The molecule has 2 aromatic rings. The van der Waals surface area contributed by atoms with Crippen molar-refractivity contribution in [3.05, 3.63) is 74.5 Å². The van der Waals surface area contributed by atoms with Crippen molar-refractivity contribution in [1.29, 1.82) is 0 Å². The van der Waals surface area contributed by atoms with Crippen LogP contribution in [0.4, 0.5) is 9.59 Å². The Labute approximate surface area is 203 Å². The second-order valence-corrected chi connectivity index (χ2v) is 9.38. The van der Waals surface area contributed by atoms with Gasteiger partial charge in [0, 0.05) is 23.7 Å². The minimum atomic E-state index is -0.473. The molecular weight excluding hydrogens is 484 g/mol. The van der Waals surface area contributed by atoms with Gasteiger partial charge in [-0.15, -0.1) is 0 Å². The minimum absolute atomic E-state index is 0.0808. The zero-order valence-corrected chi connectivity index (χ0v) is 19.7. The highest BCUT2D eigenvalue weighted by molar-refractivity contribution is 8.18. The first-order valence-corrected chi connectivity index (χ1v) is 11.8. The Bertz CT molecular complexity index is 1210. The number of imide groups is 2. The van der Waals surface area contributed by atoms with Crippen LogP contribution < -0.4 is 4.74 Å². The molecule has 0 N–H and O–H groups in total. The average molecular weight is 501 g/mol. The van der Waals surface area contributed by atoms with Crippen LogP contribution in [-0.4, -0.2) is 52.3 Å². The summed E-state index contributed by atoms with van der Waals surface area (Å²) < 4.78 is 5.28. The second-order valence-electron chi connectivity index (χ2n) is 6.96. The van der Waals surface area contributed by atoms with Crippen LogP contribution in [0.25, 0.3) is 12.2 Å². The van der Waals surface area contributed by atoms with Gasteiger partial charge in [-0.3, -0.25) is 29.0 Å². The fraction of sp³-hybridized carbons (Fsp3) is 0.130. The third kappa shape index (κ3) is 5.00. The maximum Gasteiger partial charge on any atom is 0.293 e. The van der Waals surface area contributed by atoms with Crippen LogP contribution in [0.2, 0.25) is 5.02 Å². The lowest BCUT2D eigenvalue weighted by molar-refractivity contribution is -0.125. The maximum atomic E-state index is 12.8. The molecule has 10 heteroatoms. The number of rotatable bonds is 6. The van der Waals surface area contributed by atoms with Crippen molar-refractivity contribution >= 4 is 69.6 Å². The van der Waals surface area contributed by atoms with Gasteiger partial charge in [0.2, 0.25) is 0 Å². The molecule has 2 aliphatic rings. The summed E-state index contributed by atoms with van der Waals surface area (Å²) in [4.78, 5) is 52.9. The van der Waals surface area contributed by atoms with E-state index in [1.165, 1.54) is 7.11 Å². The van der Waals surface area contributed by atoms with Gasteiger partial charge in [-0.1, -0.05) is 41.9 Å². The summed E-state index contributed by atoms with van der Waals surface area (Å²) in [5.41, 5.74) is 1.40. The fourth-order valence-electron chi connectivity index (χ4n) is 3.22. The van der Waals surface area contributed by atoms with Crippen LogP contribution >= 0.6 is 35.1 Å². The van der Waals surface area contributed by atoms with E-state index in [2.05, 4.69) is 0 Å². The van der Waals surface area contributed by atoms with Crippen LogP contribution in [0.1, 0.15) is 11.1 Å². The Kier molecular flexibility index (Phi) is 6.92. The molecular formula is C23H17ClN2O5S2. The average Bonchev–Trinajstić information content (AvgIpc) is 3.22. The quantitative estimate of drug-likeness (QED) is 0.509. The molecule has 2 fully saturated rings. The van der Waals surface area contributed by atoms with Gasteiger partial charge >= 0.3 is 0 Å². The van der Waals surface area contributed by atoms with Crippen molar-refractivity contribution in [3.8, 4) is 5.75 Å². The van der Waals surface area contributed by atoms with Crippen LogP contribution in [0, 0.1) is 0 Å². The zero-order valence-electron chi connectivity index (χ0n) is 17.3. The summed E-state index contributed by atoms with van der Waals surface area (Å²) in [6.07, 6.45) is 3.20. The minimum Gasteiger partial charge on any atom is -0.496 e. The van der Waals surface area contributed by atoms with E-state index in [4.69, 9.17) is 16.3 Å². The number of hydrogen-bond acceptors (Lipinski definition) is 7. The highest BCUT2D eigenvalue weighted by Crippen LogP contribution is 2.35. The van der Waals surface area contributed by atoms with Crippen LogP contribution in [0.15, 0.2) is 58.3 Å². The predicted molar refractivity (Wildman–Crippen MR) is 130 cm³/mol. The third-order valence-electron chi connectivity index (χ3n) is 4.89. The molecule has 0 atom stereocenters. The molecule has 0 aromatic heterocycles. The van der Waals surface area contributed by atoms with Gasteiger partial charge in [0.1, 0.15) is 5.75 Å². The Balaban J connectivity index is 1.44. The van der Waals surface area contributed by atoms with Gasteiger partial charge in [-0.25, -0.2) is 0 Å². The topological polar surface area (TPSA) is 84.0 Å². The molecule has 2 heterocycles. The maximum absolute atomic E-state index is 12.8. The first-order valence-electron chi connectivity index (χ1n) is 9.76. The van der Waals surface area contributed by atoms with E-state index in [1.54, 1.807) is 60.7 Å². The summed E-state index contributed by atoms with van der Waals surface area (Å²) in [6, 6.07) is 14.0. The molecule has 2 aromatic carbocycles. The molecule has 0 saturated carbocycles. The molecule has 168 valence electrons. The highest BCUT2D eigenvalue weighted by Gasteiger charge is 2.39. The summed E-state index contributed by atoms with van der Waals surface area (Å²) >= 11 is 7.50. The molecule has 33 heavy (non-hydrogen) atoms. The zero-order chi connectivity index (χ0) is 23.5. The first-order chi connectivity index (χ1) is 15.9. The van der Waals surface area contributed by atoms with E-state index in [9.17, 15) is 19.2 Å². The van der Waals surface area contributed by atoms with Crippen molar-refractivity contribution in [2.75, 3.05) is 20.2 Å². The van der Waals surface area contributed by atoms with Crippen LogP contribution in [-0.2, 0) is 9.59 Å². The van der Waals surface area contributed by atoms with E-state index in [0.717, 1.165) is 38.9 Å². The summed E-state index contributed by atoms with van der Waals surface area (Å²) in [5.74, 6) is -0.356. The summed E-state index contributed by atoms with van der Waals surface area (Å²) in [7, 11) is 1.52. The van der Waals surface area contributed by atoms with Crippen molar-refractivity contribution in [2.24, 2.45) is 0 Å². The smallest absolute Gasteiger partial charge is 0.293 e. The molecule has 7 nitrogen and oxygen atoms in total. The van der Waals surface area contributed by atoms with Gasteiger partial charge in [0.25, 0.3) is 22.3 Å². The Hall–Kier alpha value is -3.01. The van der Waals surface area contributed by atoms with Gasteiger partial charge < -0.3 is 4.74 Å².